The predicted molar refractivity (Wildman–Crippen MR) is 146 cm³/mol. The standard InChI is InChI=1S/C27H36F2N4O2.2ClH/c1-3-4-10-23-22(19-11-13-21(14-12-19)35-20-8-6-5-7-9-20)17-24(32-31-23)26(34)30-25-15-16-33(2)18-27(25,28)29;;/h11-14,17,20,25H,3-10,15-16,18H2,1-2H3,(H,30,34);2*1H. The van der Waals surface area contributed by atoms with Crippen LogP contribution in [0.3, 0.4) is 0 Å². The van der Waals surface area contributed by atoms with Gasteiger partial charge in [0, 0.05) is 12.1 Å². The minimum absolute atomic E-state index is 0. The second-order valence-corrected chi connectivity index (χ2v) is 9.91. The van der Waals surface area contributed by atoms with Gasteiger partial charge in [0.1, 0.15) is 5.75 Å². The minimum Gasteiger partial charge on any atom is -0.490 e. The van der Waals surface area contributed by atoms with Crippen molar-refractivity contribution in [1.29, 1.82) is 0 Å². The van der Waals surface area contributed by atoms with Gasteiger partial charge in [0.15, 0.2) is 5.69 Å². The van der Waals surface area contributed by atoms with Crippen LogP contribution < -0.4 is 10.1 Å². The average Bonchev–Trinajstić information content (AvgIpc) is 2.85. The fraction of sp³-hybridized carbons (Fsp3) is 0.593. The zero-order valence-electron chi connectivity index (χ0n) is 21.6. The number of nitrogens with one attached hydrogen (secondary N) is 1. The van der Waals surface area contributed by atoms with Gasteiger partial charge in [-0.3, -0.25) is 4.79 Å². The van der Waals surface area contributed by atoms with Crippen LogP contribution in [0.2, 0.25) is 0 Å². The first-order valence-corrected chi connectivity index (χ1v) is 12.9. The van der Waals surface area contributed by atoms with Gasteiger partial charge in [-0.2, -0.15) is 5.10 Å². The highest BCUT2D eigenvalue weighted by atomic mass is 35.5. The van der Waals surface area contributed by atoms with E-state index in [4.69, 9.17) is 4.74 Å². The topological polar surface area (TPSA) is 67.4 Å². The quantitative estimate of drug-likeness (QED) is 0.423. The van der Waals surface area contributed by atoms with Gasteiger partial charge in [-0.1, -0.05) is 31.9 Å². The van der Waals surface area contributed by atoms with Crippen LogP contribution in [0.1, 0.15) is 74.5 Å². The summed E-state index contributed by atoms with van der Waals surface area (Å²) in [7, 11) is 1.66. The second kappa shape index (κ2) is 14.2. The van der Waals surface area contributed by atoms with Crippen molar-refractivity contribution >= 4 is 30.7 Å². The van der Waals surface area contributed by atoms with E-state index in [9.17, 15) is 13.6 Å². The van der Waals surface area contributed by atoms with Crippen LogP contribution >= 0.6 is 24.8 Å². The van der Waals surface area contributed by atoms with Crippen LogP contribution in [-0.2, 0) is 6.42 Å². The van der Waals surface area contributed by atoms with Crippen molar-refractivity contribution in [2.45, 2.75) is 82.8 Å². The first-order valence-electron chi connectivity index (χ1n) is 12.9. The number of nitrogens with zero attached hydrogens (tertiary/aromatic N) is 3. The lowest BCUT2D eigenvalue weighted by Crippen LogP contribution is -2.57. The van der Waals surface area contributed by atoms with Crippen LogP contribution in [0.4, 0.5) is 8.78 Å². The number of ether oxygens (including phenoxy) is 1. The molecule has 37 heavy (non-hydrogen) atoms. The third kappa shape index (κ3) is 8.23. The fourth-order valence-corrected chi connectivity index (χ4v) is 4.91. The second-order valence-electron chi connectivity index (χ2n) is 9.91. The Labute approximate surface area is 230 Å². The Bertz CT molecular complexity index is 1000. The van der Waals surface area contributed by atoms with E-state index in [-0.39, 0.29) is 49.6 Å². The number of piperidine rings is 1. The molecule has 0 radical (unpaired) electrons. The number of likely N-dealkylation sites (tertiary alicyclic amines) is 1. The molecule has 4 rings (SSSR count). The lowest BCUT2D eigenvalue weighted by molar-refractivity contribution is -0.0816. The maximum atomic E-state index is 14.4. The minimum atomic E-state index is -2.99. The van der Waals surface area contributed by atoms with Crippen LogP contribution in [0.5, 0.6) is 5.75 Å². The van der Waals surface area contributed by atoms with Crippen molar-refractivity contribution in [3.05, 3.63) is 41.7 Å². The van der Waals surface area contributed by atoms with Crippen LogP contribution in [0.15, 0.2) is 30.3 Å². The molecule has 1 aromatic heterocycles. The Morgan fingerprint density at radius 3 is 2.46 bits per heavy atom. The molecule has 1 N–H and O–H groups in total. The summed E-state index contributed by atoms with van der Waals surface area (Å²) < 4.78 is 35.0. The molecule has 2 aromatic rings. The lowest BCUT2D eigenvalue weighted by atomic mass is 9.97. The molecule has 0 bridgehead atoms. The van der Waals surface area contributed by atoms with E-state index in [2.05, 4.69) is 22.4 Å². The summed E-state index contributed by atoms with van der Waals surface area (Å²) >= 11 is 0. The van der Waals surface area contributed by atoms with Gasteiger partial charge in [-0.05, 0) is 75.8 Å². The molecule has 1 aliphatic carbocycles. The molecule has 2 heterocycles. The number of rotatable bonds is 8. The number of alkyl halides is 2. The first kappa shape index (κ1) is 31.2. The Kier molecular flexibility index (Phi) is 12.0. The van der Waals surface area contributed by atoms with Crippen molar-refractivity contribution in [3.63, 3.8) is 0 Å². The number of hydrogen-bond donors (Lipinski definition) is 1. The molecule has 1 aliphatic heterocycles. The number of halogens is 4. The van der Waals surface area contributed by atoms with E-state index in [1.165, 1.54) is 19.3 Å². The summed E-state index contributed by atoms with van der Waals surface area (Å²) in [6.07, 6.45) is 9.01. The van der Waals surface area contributed by atoms with Crippen molar-refractivity contribution in [3.8, 4) is 16.9 Å². The molecule has 1 unspecified atom stereocenters. The molecule has 2 fully saturated rings. The number of aromatic nitrogens is 2. The van der Waals surface area contributed by atoms with E-state index in [0.717, 1.165) is 54.7 Å². The molecule has 1 aromatic carbocycles. The monoisotopic (exact) mass is 558 g/mol. The Morgan fingerprint density at radius 1 is 1.11 bits per heavy atom. The Morgan fingerprint density at radius 2 is 1.81 bits per heavy atom. The number of aryl methyl sites for hydroxylation is 1. The van der Waals surface area contributed by atoms with Crippen LogP contribution in [0, 0.1) is 0 Å². The molecule has 10 heteroatoms. The highest BCUT2D eigenvalue weighted by Gasteiger charge is 2.44. The predicted octanol–water partition coefficient (Wildman–Crippen LogP) is 6.11. The number of unbranched alkanes of at least 4 members (excludes halogenated alkanes) is 1. The average molecular weight is 560 g/mol. The summed E-state index contributed by atoms with van der Waals surface area (Å²) in [6, 6.07) is 8.30. The molecular weight excluding hydrogens is 521 g/mol. The number of hydrogen-bond acceptors (Lipinski definition) is 5. The highest BCUT2D eigenvalue weighted by Crippen LogP contribution is 2.30. The molecule has 1 atom stereocenters. The molecular formula is C27H38Cl2F2N4O2. The van der Waals surface area contributed by atoms with E-state index in [0.29, 0.717) is 6.54 Å². The van der Waals surface area contributed by atoms with E-state index < -0.39 is 17.9 Å². The van der Waals surface area contributed by atoms with Crippen LogP contribution in [0.25, 0.3) is 11.1 Å². The van der Waals surface area contributed by atoms with Crippen molar-refractivity contribution in [1.82, 2.24) is 20.4 Å². The summed E-state index contributed by atoms with van der Waals surface area (Å²) in [5.74, 6) is -2.78. The Balaban J connectivity index is 0.00000241. The summed E-state index contributed by atoms with van der Waals surface area (Å²) in [5, 5.41) is 10.9. The van der Waals surface area contributed by atoms with E-state index in [1.807, 2.05) is 24.3 Å². The van der Waals surface area contributed by atoms with Gasteiger partial charge in [-0.15, -0.1) is 29.9 Å². The SMILES string of the molecule is CCCCc1nnc(C(=O)NC2CCN(C)CC2(F)F)cc1-c1ccc(OC2CCCCC2)cc1.Cl.Cl. The number of carbonyl (C=O) groups is 1. The van der Waals surface area contributed by atoms with Gasteiger partial charge < -0.3 is 15.0 Å². The number of carbonyl (C=O) groups excluding carboxylic acids is 1. The van der Waals surface area contributed by atoms with Crippen molar-refractivity contribution in [2.75, 3.05) is 20.1 Å². The smallest absolute Gasteiger partial charge is 0.280 e. The lowest BCUT2D eigenvalue weighted by Gasteiger charge is -2.36. The fourth-order valence-electron chi connectivity index (χ4n) is 4.91. The molecule has 2 aliphatic rings. The Hall–Kier alpha value is -2.03. The normalized spacial score (nSPS) is 19.8. The first-order chi connectivity index (χ1) is 16.9. The maximum Gasteiger partial charge on any atom is 0.280 e. The molecule has 0 spiro atoms. The van der Waals surface area contributed by atoms with Crippen molar-refractivity contribution < 1.29 is 18.3 Å². The van der Waals surface area contributed by atoms with Crippen molar-refractivity contribution in [2.24, 2.45) is 0 Å². The third-order valence-electron chi connectivity index (χ3n) is 6.99. The molecule has 1 saturated heterocycles. The molecule has 206 valence electrons. The number of amides is 1. The largest absolute Gasteiger partial charge is 0.490 e. The van der Waals surface area contributed by atoms with Gasteiger partial charge in [-0.25, -0.2) is 8.78 Å². The molecule has 1 amide bonds. The van der Waals surface area contributed by atoms with Gasteiger partial charge in [0.05, 0.1) is 24.4 Å². The highest BCUT2D eigenvalue weighted by molar-refractivity contribution is 5.93. The molecule has 1 saturated carbocycles. The summed E-state index contributed by atoms with van der Waals surface area (Å²) in [5.41, 5.74) is 2.56. The zero-order chi connectivity index (χ0) is 24.8. The van der Waals surface area contributed by atoms with E-state index >= 15 is 0 Å². The third-order valence-corrected chi connectivity index (χ3v) is 6.99. The van der Waals surface area contributed by atoms with Gasteiger partial charge >= 0.3 is 0 Å². The molecule has 6 nitrogen and oxygen atoms in total. The van der Waals surface area contributed by atoms with E-state index in [1.54, 1.807) is 18.0 Å². The summed E-state index contributed by atoms with van der Waals surface area (Å²) in [4.78, 5) is 14.5. The van der Waals surface area contributed by atoms with Gasteiger partial charge in [0.25, 0.3) is 11.8 Å². The van der Waals surface area contributed by atoms with Gasteiger partial charge in [0.2, 0.25) is 0 Å². The summed E-state index contributed by atoms with van der Waals surface area (Å²) in [6.45, 7) is 2.23. The number of benzene rings is 1. The maximum absolute atomic E-state index is 14.4. The van der Waals surface area contributed by atoms with Crippen LogP contribution in [-0.4, -0.2) is 59.2 Å². The zero-order valence-corrected chi connectivity index (χ0v) is 23.2.